The number of rotatable bonds is 26. The van der Waals surface area contributed by atoms with Crippen molar-refractivity contribution in [3.05, 3.63) is 0 Å². The summed E-state index contributed by atoms with van der Waals surface area (Å²) in [6.07, 6.45) is 15.2. The number of unbranched alkanes of at least 4 members (excludes halogenated alkanes) is 10. The highest BCUT2D eigenvalue weighted by molar-refractivity contribution is 5.77. The molecule has 0 heterocycles. The zero-order valence-electron chi connectivity index (χ0n) is 25.6. The lowest BCUT2D eigenvalue weighted by molar-refractivity contribution is -0.921. The summed E-state index contributed by atoms with van der Waals surface area (Å²) >= 11 is 0. The Bertz CT molecular complexity index is 541. The SMILES string of the molecule is CCCCCCCCNC(=O)C[N+](C)(CCO)CCC[N+](C)(CCO)CC(=O)NCCCCCCCC.[Br-].[Br-]. The molecule has 0 aromatic rings. The molecule has 0 aliphatic heterocycles. The third-order valence-corrected chi connectivity index (χ3v) is 7.43. The largest absolute Gasteiger partial charge is 1.00 e. The van der Waals surface area contributed by atoms with Gasteiger partial charge in [-0.3, -0.25) is 9.59 Å². The van der Waals surface area contributed by atoms with Gasteiger partial charge in [0.05, 0.1) is 40.4 Å². The van der Waals surface area contributed by atoms with Crippen molar-refractivity contribution in [1.29, 1.82) is 0 Å². The number of nitrogens with zero attached hydrogens (tertiary/aromatic N) is 2. The van der Waals surface area contributed by atoms with E-state index in [1.54, 1.807) is 0 Å². The second kappa shape index (κ2) is 27.9. The zero-order chi connectivity index (χ0) is 27.8. The van der Waals surface area contributed by atoms with E-state index in [-0.39, 0.29) is 59.0 Å². The van der Waals surface area contributed by atoms with Crippen LogP contribution in [0.25, 0.3) is 0 Å². The van der Waals surface area contributed by atoms with Crippen molar-refractivity contribution in [2.75, 3.05) is 79.7 Å². The highest BCUT2D eigenvalue weighted by Gasteiger charge is 2.29. The summed E-state index contributed by atoms with van der Waals surface area (Å²) in [4.78, 5) is 25.2. The van der Waals surface area contributed by atoms with Crippen LogP contribution in [0.5, 0.6) is 0 Å². The summed E-state index contributed by atoms with van der Waals surface area (Å²) in [7, 11) is 4.04. The van der Waals surface area contributed by atoms with E-state index < -0.39 is 0 Å². The molecule has 0 radical (unpaired) electrons. The molecule has 236 valence electrons. The average Bonchev–Trinajstić information content (AvgIpc) is 2.83. The topological polar surface area (TPSA) is 98.7 Å². The Morgan fingerprint density at radius 1 is 0.538 bits per heavy atom. The van der Waals surface area contributed by atoms with Gasteiger partial charge in [0, 0.05) is 19.5 Å². The van der Waals surface area contributed by atoms with Gasteiger partial charge in [-0.1, -0.05) is 78.1 Å². The monoisotopic (exact) mass is 688 g/mol. The maximum absolute atomic E-state index is 12.6. The van der Waals surface area contributed by atoms with E-state index in [1.807, 2.05) is 14.1 Å². The number of amides is 2. The number of carbonyl (C=O) groups is 2. The fraction of sp³-hybridized carbons (Fsp3) is 0.931. The van der Waals surface area contributed by atoms with Crippen molar-refractivity contribution in [1.82, 2.24) is 10.6 Å². The number of carbonyl (C=O) groups excluding carboxylic acids is 2. The Hall–Kier alpha value is -0.260. The Balaban J connectivity index is -0.00000648. The molecule has 0 aromatic carbocycles. The summed E-state index contributed by atoms with van der Waals surface area (Å²) in [5, 5.41) is 25.3. The maximum atomic E-state index is 12.6. The van der Waals surface area contributed by atoms with Gasteiger partial charge in [0.15, 0.2) is 13.1 Å². The second-order valence-corrected chi connectivity index (χ2v) is 11.5. The zero-order valence-corrected chi connectivity index (χ0v) is 28.8. The molecule has 0 aliphatic rings. The van der Waals surface area contributed by atoms with Crippen molar-refractivity contribution in [3.8, 4) is 0 Å². The number of likely N-dealkylation sites (N-methyl/N-ethyl adjacent to an activating group) is 2. The first-order valence-corrected chi connectivity index (χ1v) is 15.2. The Labute approximate surface area is 261 Å². The van der Waals surface area contributed by atoms with Crippen LogP contribution in [0.4, 0.5) is 0 Å². The van der Waals surface area contributed by atoms with Gasteiger partial charge in [-0.2, -0.15) is 0 Å². The summed E-state index contributed by atoms with van der Waals surface area (Å²) in [5.41, 5.74) is 0. The molecular weight excluding hydrogens is 628 g/mol. The van der Waals surface area contributed by atoms with Gasteiger partial charge in [-0.25, -0.2) is 0 Å². The average molecular weight is 691 g/mol. The molecule has 0 bridgehead atoms. The highest BCUT2D eigenvalue weighted by Crippen LogP contribution is 2.10. The lowest BCUT2D eigenvalue weighted by Crippen LogP contribution is -3.00. The molecule has 8 nitrogen and oxygen atoms in total. The van der Waals surface area contributed by atoms with E-state index in [9.17, 15) is 19.8 Å². The molecule has 0 saturated carbocycles. The predicted octanol–water partition coefficient (Wildman–Crippen LogP) is -2.78. The molecule has 0 aromatic heterocycles. The standard InChI is InChI=1S/C29H60N4O4.2BrH/c1-5-7-9-11-13-15-18-30-28(36)26-32(3,22-24-34)20-17-21-33(4,23-25-35)27-29(37)31-19-16-14-12-10-8-6-2;;/h34-35H,5-27H2,1-4H3;2*1H. The van der Waals surface area contributed by atoms with E-state index in [4.69, 9.17) is 0 Å². The summed E-state index contributed by atoms with van der Waals surface area (Å²) in [6, 6.07) is 0. The van der Waals surface area contributed by atoms with Gasteiger partial charge in [0.25, 0.3) is 11.8 Å². The van der Waals surface area contributed by atoms with Crippen molar-refractivity contribution in [2.45, 2.75) is 97.3 Å². The Kier molecular flexibility index (Phi) is 30.9. The van der Waals surface area contributed by atoms with Crippen LogP contribution in [0.15, 0.2) is 0 Å². The number of quaternary nitrogens is 2. The minimum absolute atomic E-state index is 0. The molecule has 0 fully saturated rings. The third-order valence-electron chi connectivity index (χ3n) is 7.43. The molecule has 39 heavy (non-hydrogen) atoms. The summed E-state index contributed by atoms with van der Waals surface area (Å²) in [5.74, 6) is 0.0670. The number of halogens is 2. The van der Waals surface area contributed by atoms with Gasteiger partial charge in [0.2, 0.25) is 0 Å². The normalized spacial score (nSPS) is 13.9. The van der Waals surface area contributed by atoms with Crippen LogP contribution in [0, 0.1) is 0 Å². The van der Waals surface area contributed by atoms with Crippen LogP contribution < -0.4 is 44.6 Å². The van der Waals surface area contributed by atoms with Crippen LogP contribution in [0.3, 0.4) is 0 Å². The van der Waals surface area contributed by atoms with E-state index in [2.05, 4.69) is 24.5 Å². The minimum atomic E-state index is 0. The van der Waals surface area contributed by atoms with E-state index in [1.165, 1.54) is 51.4 Å². The number of hydrogen-bond donors (Lipinski definition) is 4. The molecule has 10 heteroatoms. The van der Waals surface area contributed by atoms with Crippen molar-refractivity contribution < 1.29 is 62.7 Å². The molecule has 4 N–H and O–H groups in total. The quantitative estimate of drug-likeness (QED) is 0.0584. The third kappa shape index (κ3) is 25.2. The molecule has 0 saturated heterocycles. The van der Waals surface area contributed by atoms with Crippen LogP contribution in [-0.4, -0.2) is 111 Å². The maximum Gasteiger partial charge on any atom is 0.275 e. The molecule has 0 spiro atoms. The Morgan fingerprint density at radius 3 is 1.21 bits per heavy atom. The molecular formula is C29H62Br2N4O4. The van der Waals surface area contributed by atoms with Crippen LogP contribution >= 0.6 is 0 Å². The molecule has 0 aliphatic carbocycles. The molecule has 2 unspecified atom stereocenters. The molecule has 0 rings (SSSR count). The van der Waals surface area contributed by atoms with Crippen LogP contribution in [0.1, 0.15) is 97.3 Å². The van der Waals surface area contributed by atoms with Crippen LogP contribution in [-0.2, 0) is 9.59 Å². The highest BCUT2D eigenvalue weighted by atomic mass is 79.9. The van der Waals surface area contributed by atoms with Crippen molar-refractivity contribution in [3.63, 3.8) is 0 Å². The first kappa shape index (κ1) is 43.2. The van der Waals surface area contributed by atoms with Gasteiger partial charge in [-0.15, -0.1) is 0 Å². The van der Waals surface area contributed by atoms with E-state index in [0.717, 1.165) is 45.2 Å². The van der Waals surface area contributed by atoms with Gasteiger partial charge < -0.3 is 63.8 Å². The lowest BCUT2D eigenvalue weighted by atomic mass is 10.1. The smallest absolute Gasteiger partial charge is 0.275 e. The van der Waals surface area contributed by atoms with E-state index >= 15 is 0 Å². The number of aliphatic hydroxyl groups excluding tert-OH is 2. The van der Waals surface area contributed by atoms with Gasteiger partial charge in [0.1, 0.15) is 13.1 Å². The Morgan fingerprint density at radius 2 is 0.872 bits per heavy atom. The predicted molar refractivity (Wildman–Crippen MR) is 153 cm³/mol. The minimum Gasteiger partial charge on any atom is -1.00 e. The van der Waals surface area contributed by atoms with Gasteiger partial charge >= 0.3 is 0 Å². The van der Waals surface area contributed by atoms with Crippen LogP contribution in [0.2, 0.25) is 0 Å². The molecule has 2 amide bonds. The summed E-state index contributed by atoms with van der Waals surface area (Å²) < 4.78 is 0.949. The number of aliphatic hydroxyl groups is 2. The van der Waals surface area contributed by atoms with Gasteiger partial charge in [-0.05, 0) is 12.8 Å². The van der Waals surface area contributed by atoms with E-state index in [0.29, 0.717) is 48.2 Å². The fourth-order valence-electron chi connectivity index (χ4n) is 4.93. The summed E-state index contributed by atoms with van der Waals surface area (Å²) in [6.45, 7) is 9.12. The first-order chi connectivity index (χ1) is 17.7. The lowest BCUT2D eigenvalue weighted by Gasteiger charge is -2.37. The van der Waals surface area contributed by atoms with Crippen molar-refractivity contribution in [2.24, 2.45) is 0 Å². The first-order valence-electron chi connectivity index (χ1n) is 15.2. The van der Waals surface area contributed by atoms with Crippen molar-refractivity contribution >= 4 is 11.8 Å². The fourth-order valence-corrected chi connectivity index (χ4v) is 4.93. The molecule has 2 atom stereocenters. The second-order valence-electron chi connectivity index (χ2n) is 11.5. The number of nitrogens with one attached hydrogen (secondary N) is 2. The number of hydrogen-bond acceptors (Lipinski definition) is 4.